The summed E-state index contributed by atoms with van der Waals surface area (Å²) in [6.45, 7) is 6.34. The zero-order chi connectivity index (χ0) is 21.8. The Hall–Kier alpha value is -3.04. The van der Waals surface area contributed by atoms with E-state index < -0.39 is 0 Å². The average molecular weight is 440 g/mol. The minimum Gasteiger partial charge on any atom is -0.378 e. The molecule has 0 aliphatic carbocycles. The van der Waals surface area contributed by atoms with Crippen molar-refractivity contribution in [3.8, 4) is 0 Å². The first-order chi connectivity index (χ1) is 15.0. The lowest BCUT2D eigenvalue weighted by molar-refractivity contribution is -0.117. The second kappa shape index (κ2) is 9.40. The van der Waals surface area contributed by atoms with Crippen LogP contribution in [0.15, 0.2) is 40.5 Å². The molecular weight excluding hydrogens is 414 g/mol. The lowest BCUT2D eigenvalue weighted by Crippen LogP contribution is -2.38. The number of morpholine rings is 1. The van der Waals surface area contributed by atoms with Crippen molar-refractivity contribution in [2.24, 2.45) is 0 Å². The van der Waals surface area contributed by atoms with Gasteiger partial charge in [-0.15, -0.1) is 11.3 Å². The van der Waals surface area contributed by atoms with Crippen molar-refractivity contribution in [3.05, 3.63) is 63.0 Å². The number of para-hydroxylation sites is 1. The maximum absolute atomic E-state index is 13.2. The SMILES string of the molecule is Cc1csc(N(C(=O)CCc2c(C)nc(N3CCOCC3)[nH]c2=O)c2ccccc2)n1. The molecule has 3 heterocycles. The first-order valence-electron chi connectivity index (χ1n) is 10.3. The van der Waals surface area contributed by atoms with E-state index in [-0.39, 0.29) is 17.9 Å². The summed E-state index contributed by atoms with van der Waals surface area (Å²) >= 11 is 1.42. The number of thiazole rings is 1. The largest absolute Gasteiger partial charge is 0.378 e. The van der Waals surface area contributed by atoms with Crippen LogP contribution in [-0.2, 0) is 16.0 Å². The molecule has 162 valence electrons. The maximum Gasteiger partial charge on any atom is 0.255 e. The molecule has 4 rings (SSSR count). The molecule has 1 N–H and O–H groups in total. The van der Waals surface area contributed by atoms with E-state index in [0.717, 1.165) is 11.4 Å². The Kier molecular flexibility index (Phi) is 6.43. The Balaban J connectivity index is 1.53. The average Bonchev–Trinajstić information content (AvgIpc) is 3.20. The van der Waals surface area contributed by atoms with Crippen molar-refractivity contribution in [3.63, 3.8) is 0 Å². The van der Waals surface area contributed by atoms with Gasteiger partial charge in [0.2, 0.25) is 11.9 Å². The van der Waals surface area contributed by atoms with Crippen molar-refractivity contribution < 1.29 is 9.53 Å². The minimum atomic E-state index is -0.196. The number of aryl methyl sites for hydroxylation is 2. The van der Waals surface area contributed by atoms with Crippen LogP contribution in [0.3, 0.4) is 0 Å². The van der Waals surface area contributed by atoms with Gasteiger partial charge in [-0.05, 0) is 32.4 Å². The smallest absolute Gasteiger partial charge is 0.255 e. The standard InChI is InChI=1S/C22H25N5O3S/c1-15-14-31-22(23-15)27(17-6-4-3-5-7-17)19(28)9-8-18-16(2)24-21(25-20(18)29)26-10-12-30-13-11-26/h3-7,14H,8-13H2,1-2H3,(H,24,25,29). The van der Waals surface area contributed by atoms with Crippen LogP contribution >= 0.6 is 11.3 Å². The van der Waals surface area contributed by atoms with Crippen LogP contribution in [0.2, 0.25) is 0 Å². The van der Waals surface area contributed by atoms with E-state index in [4.69, 9.17) is 4.74 Å². The normalized spacial score (nSPS) is 13.9. The van der Waals surface area contributed by atoms with Crippen LogP contribution in [0.25, 0.3) is 0 Å². The van der Waals surface area contributed by atoms with Gasteiger partial charge in [0.15, 0.2) is 5.13 Å². The van der Waals surface area contributed by atoms with Crippen LogP contribution in [0.4, 0.5) is 16.8 Å². The summed E-state index contributed by atoms with van der Waals surface area (Å²) in [7, 11) is 0. The molecule has 1 amide bonds. The van der Waals surface area contributed by atoms with Crippen molar-refractivity contribution in [2.45, 2.75) is 26.7 Å². The second-order valence-electron chi connectivity index (χ2n) is 7.39. The molecule has 0 radical (unpaired) electrons. The van der Waals surface area contributed by atoms with E-state index in [1.54, 1.807) is 4.90 Å². The van der Waals surface area contributed by atoms with E-state index in [1.807, 2.05) is 54.5 Å². The summed E-state index contributed by atoms with van der Waals surface area (Å²) in [5, 5.41) is 2.54. The molecule has 9 heteroatoms. The van der Waals surface area contributed by atoms with E-state index in [2.05, 4.69) is 15.0 Å². The van der Waals surface area contributed by atoms with Crippen molar-refractivity contribution in [1.29, 1.82) is 0 Å². The monoisotopic (exact) mass is 439 g/mol. The lowest BCUT2D eigenvalue weighted by atomic mass is 10.1. The Morgan fingerprint density at radius 2 is 1.94 bits per heavy atom. The summed E-state index contributed by atoms with van der Waals surface area (Å²) in [6.07, 6.45) is 0.486. The number of ether oxygens (including phenoxy) is 1. The molecule has 3 aromatic rings. The number of carbonyl (C=O) groups is 1. The molecule has 1 saturated heterocycles. The summed E-state index contributed by atoms with van der Waals surface area (Å²) in [5.74, 6) is 0.446. The van der Waals surface area contributed by atoms with E-state index in [0.29, 0.717) is 55.1 Å². The quantitative estimate of drug-likeness (QED) is 0.635. The number of H-pyrrole nitrogens is 1. The molecule has 0 unspecified atom stereocenters. The third-order valence-electron chi connectivity index (χ3n) is 5.17. The Morgan fingerprint density at radius 3 is 2.58 bits per heavy atom. The fraction of sp³-hybridized carbons (Fsp3) is 0.364. The molecule has 31 heavy (non-hydrogen) atoms. The number of aromatic amines is 1. The Bertz CT molecular complexity index is 1110. The maximum atomic E-state index is 13.2. The highest BCUT2D eigenvalue weighted by Crippen LogP contribution is 2.29. The van der Waals surface area contributed by atoms with E-state index in [9.17, 15) is 9.59 Å². The molecular formula is C22H25N5O3S. The number of nitrogens with zero attached hydrogens (tertiary/aromatic N) is 4. The van der Waals surface area contributed by atoms with E-state index in [1.165, 1.54) is 11.3 Å². The van der Waals surface area contributed by atoms with Gasteiger partial charge >= 0.3 is 0 Å². The molecule has 2 aromatic heterocycles. The van der Waals surface area contributed by atoms with Gasteiger partial charge in [0.25, 0.3) is 5.56 Å². The summed E-state index contributed by atoms with van der Waals surface area (Å²) in [4.78, 5) is 41.5. The molecule has 0 bridgehead atoms. The number of nitrogens with one attached hydrogen (secondary N) is 1. The second-order valence-corrected chi connectivity index (χ2v) is 8.23. The van der Waals surface area contributed by atoms with Gasteiger partial charge in [-0.3, -0.25) is 19.5 Å². The van der Waals surface area contributed by atoms with Crippen molar-refractivity contribution in [1.82, 2.24) is 15.0 Å². The number of anilines is 3. The van der Waals surface area contributed by atoms with Crippen LogP contribution in [0, 0.1) is 13.8 Å². The third-order valence-corrected chi connectivity index (χ3v) is 6.11. The predicted molar refractivity (Wildman–Crippen MR) is 121 cm³/mol. The molecule has 1 fully saturated rings. The Labute approximate surface area is 184 Å². The molecule has 0 atom stereocenters. The van der Waals surface area contributed by atoms with Gasteiger partial charge in [0.05, 0.1) is 24.6 Å². The molecule has 1 aromatic carbocycles. The highest BCUT2D eigenvalue weighted by molar-refractivity contribution is 7.14. The van der Waals surface area contributed by atoms with Gasteiger partial charge in [-0.2, -0.15) is 0 Å². The first kappa shape index (κ1) is 21.2. The highest BCUT2D eigenvalue weighted by Gasteiger charge is 2.22. The zero-order valence-electron chi connectivity index (χ0n) is 17.6. The first-order valence-corrected chi connectivity index (χ1v) is 11.1. The molecule has 0 saturated carbocycles. The molecule has 1 aliphatic heterocycles. The van der Waals surface area contributed by atoms with Gasteiger partial charge < -0.3 is 9.64 Å². The Morgan fingerprint density at radius 1 is 1.19 bits per heavy atom. The van der Waals surface area contributed by atoms with Crippen LogP contribution < -0.4 is 15.4 Å². The number of amides is 1. The highest BCUT2D eigenvalue weighted by atomic mass is 32.1. The molecule has 8 nitrogen and oxygen atoms in total. The van der Waals surface area contributed by atoms with Crippen LogP contribution in [0.5, 0.6) is 0 Å². The lowest BCUT2D eigenvalue weighted by Gasteiger charge is -2.27. The van der Waals surface area contributed by atoms with Gasteiger partial charge in [-0.25, -0.2) is 9.97 Å². The van der Waals surface area contributed by atoms with E-state index >= 15 is 0 Å². The number of rotatable bonds is 6. The number of hydrogen-bond donors (Lipinski definition) is 1. The fourth-order valence-corrected chi connectivity index (χ4v) is 4.38. The summed E-state index contributed by atoms with van der Waals surface area (Å²) in [5.41, 5.74) is 2.61. The van der Waals surface area contributed by atoms with Crippen molar-refractivity contribution in [2.75, 3.05) is 36.1 Å². The predicted octanol–water partition coefficient (Wildman–Crippen LogP) is 2.98. The van der Waals surface area contributed by atoms with Crippen LogP contribution in [0.1, 0.15) is 23.4 Å². The molecule has 1 aliphatic rings. The summed E-state index contributed by atoms with van der Waals surface area (Å²) < 4.78 is 5.36. The number of hydrogen-bond acceptors (Lipinski definition) is 7. The fourth-order valence-electron chi connectivity index (χ4n) is 3.54. The minimum absolute atomic E-state index is 0.114. The zero-order valence-corrected chi connectivity index (χ0v) is 18.4. The summed E-state index contributed by atoms with van der Waals surface area (Å²) in [6, 6.07) is 9.44. The number of aromatic nitrogens is 3. The topological polar surface area (TPSA) is 91.4 Å². The third kappa shape index (κ3) is 4.83. The molecule has 0 spiro atoms. The van der Waals surface area contributed by atoms with Crippen LogP contribution in [-0.4, -0.2) is 47.2 Å². The van der Waals surface area contributed by atoms with Gasteiger partial charge in [0.1, 0.15) is 0 Å². The number of carbonyl (C=O) groups excluding carboxylic acids is 1. The van der Waals surface area contributed by atoms with Gasteiger partial charge in [-0.1, -0.05) is 18.2 Å². The number of benzene rings is 1. The van der Waals surface area contributed by atoms with Gasteiger partial charge in [0, 0.05) is 36.1 Å². The van der Waals surface area contributed by atoms with Crippen molar-refractivity contribution >= 4 is 34.0 Å².